The number of rotatable bonds is 8. The van der Waals surface area contributed by atoms with E-state index < -0.39 is 6.17 Å². The van der Waals surface area contributed by atoms with Crippen molar-refractivity contribution in [1.29, 1.82) is 0 Å². The van der Waals surface area contributed by atoms with Crippen LogP contribution in [0.4, 0.5) is 0 Å². The fourth-order valence-electron chi connectivity index (χ4n) is 10.1. The van der Waals surface area contributed by atoms with Crippen molar-refractivity contribution in [3.63, 3.8) is 0 Å². The third-order valence-corrected chi connectivity index (χ3v) is 13.5. The molecule has 0 fully saturated rings. The second kappa shape index (κ2) is 16.9. The molecule has 2 heterocycles. The molecule has 11 aromatic carbocycles. The van der Waals surface area contributed by atoms with E-state index in [4.69, 9.17) is 14.4 Å². The topological polar surface area (TPSA) is 49.9 Å². The third kappa shape index (κ3) is 7.45. The Bertz CT molecular complexity index is 3950. The molecule has 0 amide bonds. The van der Waals surface area contributed by atoms with E-state index in [9.17, 15) is 0 Å². The number of furan rings is 1. The number of nitrogens with zero attached hydrogens (tertiary/aromatic N) is 2. The van der Waals surface area contributed by atoms with Crippen LogP contribution in [0.2, 0.25) is 0 Å². The number of nitrogens with one attached hydrogen (secondary N) is 1. The molecule has 1 aliphatic heterocycles. The standard InChI is InChI=1S/C65H43N3O/c1-5-17-42(18-6-1)45-29-31-46(32-30-45)50-35-49(43-19-7-2-8-20-43)36-52(37-50)53-38-51(44-21-9-3-10-22-44)39-54(40-53)65-67-63(47-23-11-4-12-24-47)66-64(68-65)48-33-34-59-60(41-48)69-62-58-28-16-14-26-56(58)55-25-13-15-27-57(55)61(59)62/h1-41,65H,(H,66,67,68). The van der Waals surface area contributed by atoms with Gasteiger partial charge >= 0.3 is 0 Å². The summed E-state index contributed by atoms with van der Waals surface area (Å²) >= 11 is 0. The molecule has 1 aromatic heterocycles. The molecule has 1 unspecified atom stereocenters. The summed E-state index contributed by atoms with van der Waals surface area (Å²) < 4.78 is 6.85. The number of benzene rings is 11. The summed E-state index contributed by atoms with van der Waals surface area (Å²) in [5.41, 5.74) is 16.0. The first-order valence-corrected chi connectivity index (χ1v) is 23.5. The SMILES string of the molecule is c1ccc(C2=NC(c3ccc4c(c3)oc3c5ccccc5c5ccccc5c43)=NC(c3cc(-c4ccccc4)cc(-c4cc(-c5ccccc5)cc(-c5ccc(-c6ccccc6)cc5)c4)c3)N2)cc1. The molecule has 1 aliphatic rings. The summed E-state index contributed by atoms with van der Waals surface area (Å²) in [5, 5.41) is 10.6. The van der Waals surface area contributed by atoms with Crippen LogP contribution in [0.1, 0.15) is 22.9 Å². The zero-order valence-electron chi connectivity index (χ0n) is 37.6. The van der Waals surface area contributed by atoms with Gasteiger partial charge in [-0.05, 0) is 126 Å². The average molecular weight is 882 g/mol. The molecule has 69 heavy (non-hydrogen) atoms. The first-order valence-electron chi connectivity index (χ1n) is 23.5. The van der Waals surface area contributed by atoms with Crippen molar-refractivity contribution >= 4 is 55.2 Å². The van der Waals surface area contributed by atoms with Crippen LogP contribution < -0.4 is 5.32 Å². The maximum Gasteiger partial charge on any atom is 0.159 e. The molecular formula is C65H43N3O. The van der Waals surface area contributed by atoms with Crippen LogP contribution in [0, 0.1) is 0 Å². The van der Waals surface area contributed by atoms with Crippen molar-refractivity contribution in [1.82, 2.24) is 5.32 Å². The summed E-state index contributed by atoms with van der Waals surface area (Å²) in [6, 6.07) is 88.5. The zero-order valence-corrected chi connectivity index (χ0v) is 37.6. The Kier molecular flexibility index (Phi) is 9.87. The molecule has 4 heteroatoms. The summed E-state index contributed by atoms with van der Waals surface area (Å²) in [6.45, 7) is 0. The molecule has 0 aliphatic carbocycles. The highest BCUT2D eigenvalue weighted by atomic mass is 16.3. The van der Waals surface area contributed by atoms with Gasteiger partial charge in [0.05, 0.1) is 0 Å². The van der Waals surface area contributed by atoms with Gasteiger partial charge in [-0.25, -0.2) is 9.98 Å². The highest BCUT2D eigenvalue weighted by Gasteiger charge is 2.24. The van der Waals surface area contributed by atoms with E-state index in [1.807, 2.05) is 6.07 Å². The number of hydrogen-bond donors (Lipinski definition) is 1. The van der Waals surface area contributed by atoms with Crippen LogP contribution in [0.3, 0.4) is 0 Å². The largest absolute Gasteiger partial charge is 0.455 e. The molecule has 1 atom stereocenters. The van der Waals surface area contributed by atoms with Gasteiger partial charge in [-0.3, -0.25) is 0 Å². The molecule has 4 nitrogen and oxygen atoms in total. The van der Waals surface area contributed by atoms with Gasteiger partial charge in [-0.2, -0.15) is 0 Å². The molecular weight excluding hydrogens is 839 g/mol. The Hall–Kier alpha value is -9.12. The van der Waals surface area contributed by atoms with Crippen molar-refractivity contribution in [3.05, 3.63) is 265 Å². The lowest BCUT2D eigenvalue weighted by Gasteiger charge is -2.25. The summed E-state index contributed by atoms with van der Waals surface area (Å²) in [7, 11) is 0. The minimum Gasteiger partial charge on any atom is -0.455 e. The highest BCUT2D eigenvalue weighted by molar-refractivity contribution is 6.30. The van der Waals surface area contributed by atoms with Crippen molar-refractivity contribution in [2.45, 2.75) is 6.17 Å². The summed E-state index contributed by atoms with van der Waals surface area (Å²) in [6.07, 6.45) is -0.461. The van der Waals surface area contributed by atoms with Gasteiger partial charge in [0.15, 0.2) is 5.84 Å². The van der Waals surface area contributed by atoms with E-state index in [1.54, 1.807) is 0 Å². The second-order valence-electron chi connectivity index (χ2n) is 17.8. The summed E-state index contributed by atoms with van der Waals surface area (Å²) in [4.78, 5) is 10.7. The van der Waals surface area contributed by atoms with Crippen molar-refractivity contribution in [3.8, 4) is 55.6 Å². The minimum atomic E-state index is -0.461. The Labute approximate surface area is 400 Å². The van der Waals surface area contributed by atoms with Crippen LogP contribution in [0.25, 0.3) is 99.1 Å². The van der Waals surface area contributed by atoms with Gasteiger partial charge in [0.2, 0.25) is 0 Å². The zero-order chi connectivity index (χ0) is 45.7. The monoisotopic (exact) mass is 881 g/mol. The van der Waals surface area contributed by atoms with E-state index in [2.05, 4.69) is 248 Å². The molecule has 324 valence electrons. The molecule has 0 radical (unpaired) electrons. The van der Waals surface area contributed by atoms with Crippen molar-refractivity contribution in [2.75, 3.05) is 0 Å². The Morgan fingerprint density at radius 3 is 1.30 bits per heavy atom. The van der Waals surface area contributed by atoms with E-state index >= 15 is 0 Å². The molecule has 1 N–H and O–H groups in total. The normalized spacial score (nSPS) is 13.7. The Morgan fingerprint density at radius 2 is 0.725 bits per heavy atom. The molecule has 13 rings (SSSR count). The predicted octanol–water partition coefficient (Wildman–Crippen LogP) is 16.7. The van der Waals surface area contributed by atoms with Gasteiger partial charge in [-0.15, -0.1) is 0 Å². The number of hydrogen-bond acceptors (Lipinski definition) is 4. The number of amidine groups is 2. The fourth-order valence-corrected chi connectivity index (χ4v) is 10.1. The van der Waals surface area contributed by atoms with Crippen LogP contribution in [0.15, 0.2) is 263 Å². The molecule has 0 spiro atoms. The van der Waals surface area contributed by atoms with Crippen LogP contribution in [0.5, 0.6) is 0 Å². The predicted molar refractivity (Wildman–Crippen MR) is 288 cm³/mol. The smallest absolute Gasteiger partial charge is 0.159 e. The van der Waals surface area contributed by atoms with Crippen molar-refractivity contribution < 1.29 is 4.42 Å². The third-order valence-electron chi connectivity index (χ3n) is 13.5. The van der Waals surface area contributed by atoms with E-state index in [0.717, 1.165) is 94.4 Å². The Morgan fingerprint density at radius 1 is 0.319 bits per heavy atom. The van der Waals surface area contributed by atoms with Gasteiger partial charge in [0.25, 0.3) is 0 Å². The lowest BCUT2D eigenvalue weighted by atomic mass is 9.90. The van der Waals surface area contributed by atoms with E-state index in [-0.39, 0.29) is 0 Å². The van der Waals surface area contributed by atoms with Gasteiger partial charge < -0.3 is 9.73 Å². The van der Waals surface area contributed by atoms with E-state index in [1.165, 1.54) is 27.3 Å². The van der Waals surface area contributed by atoms with Crippen LogP contribution in [-0.2, 0) is 0 Å². The van der Waals surface area contributed by atoms with Gasteiger partial charge in [0.1, 0.15) is 23.2 Å². The molecule has 12 aromatic rings. The van der Waals surface area contributed by atoms with E-state index in [0.29, 0.717) is 5.84 Å². The number of fused-ring (bicyclic) bond motifs is 8. The quantitative estimate of drug-likeness (QED) is 0.155. The Balaban J connectivity index is 0.970. The summed E-state index contributed by atoms with van der Waals surface area (Å²) in [5.74, 6) is 1.39. The van der Waals surface area contributed by atoms with Crippen molar-refractivity contribution in [2.24, 2.45) is 9.98 Å². The van der Waals surface area contributed by atoms with Gasteiger partial charge in [-0.1, -0.05) is 200 Å². The first-order chi connectivity index (χ1) is 34.2. The average Bonchev–Trinajstić information content (AvgIpc) is 3.83. The minimum absolute atomic E-state index is 0.461. The van der Waals surface area contributed by atoms with Crippen LogP contribution in [-0.4, -0.2) is 11.7 Å². The maximum absolute atomic E-state index is 6.85. The maximum atomic E-state index is 6.85. The highest BCUT2D eigenvalue weighted by Crippen LogP contribution is 2.42. The first kappa shape index (κ1) is 40.2. The fraction of sp³-hybridized carbons (Fsp3) is 0.0154. The second-order valence-corrected chi connectivity index (χ2v) is 17.8. The molecule has 0 bridgehead atoms. The van der Waals surface area contributed by atoms with Gasteiger partial charge in [0, 0.05) is 27.3 Å². The lowest BCUT2D eigenvalue weighted by molar-refractivity contribution is 0.670. The lowest BCUT2D eigenvalue weighted by Crippen LogP contribution is -2.33. The molecule has 0 saturated heterocycles. The number of aliphatic imine (C=N–C) groups is 2. The van der Waals surface area contributed by atoms with Crippen LogP contribution >= 0.6 is 0 Å². The molecule has 0 saturated carbocycles.